The molecule has 9 nitrogen and oxygen atoms in total. The predicted octanol–water partition coefficient (Wildman–Crippen LogP) is 4.93. The molecule has 0 radical (unpaired) electrons. The number of aromatic nitrogens is 5. The van der Waals surface area contributed by atoms with Gasteiger partial charge in [-0.15, -0.1) is 5.10 Å². The van der Waals surface area contributed by atoms with Crippen LogP contribution in [0.25, 0.3) is 10.9 Å². The van der Waals surface area contributed by atoms with Crippen molar-refractivity contribution in [2.75, 3.05) is 7.11 Å². The Morgan fingerprint density at radius 2 is 1.92 bits per heavy atom. The normalized spacial score (nSPS) is 12.3. The number of aryl methyl sites for hydroxylation is 2. The highest BCUT2D eigenvalue weighted by atomic mass is 16.5. The molecule has 5 rings (SSSR count). The molecule has 0 spiro atoms. The second-order valence-electron chi connectivity index (χ2n) is 9.62. The smallest absolute Gasteiger partial charge is 0.252 e. The first kappa shape index (κ1) is 25.4. The van der Waals surface area contributed by atoms with E-state index in [2.05, 4.69) is 45.3 Å². The van der Waals surface area contributed by atoms with Gasteiger partial charge in [0.05, 0.1) is 19.4 Å². The molecule has 38 heavy (non-hydrogen) atoms. The number of methoxy groups -OCH3 is 1. The number of pyridine rings is 1. The first-order chi connectivity index (χ1) is 18.4. The molecule has 1 N–H and O–H groups in total. The Hall–Kier alpha value is -4.24. The number of hydrogen-bond donors (Lipinski definition) is 1. The summed E-state index contributed by atoms with van der Waals surface area (Å²) in [5.74, 6) is 2.29. The third kappa shape index (κ3) is 5.38. The molecule has 0 aliphatic heterocycles. The van der Waals surface area contributed by atoms with Gasteiger partial charge in [-0.1, -0.05) is 25.1 Å². The van der Waals surface area contributed by atoms with Crippen molar-refractivity contribution >= 4 is 10.9 Å². The Morgan fingerprint density at radius 1 is 1.11 bits per heavy atom. The highest BCUT2D eigenvalue weighted by Crippen LogP contribution is 2.28. The number of benzene rings is 2. The molecule has 0 aliphatic carbocycles. The van der Waals surface area contributed by atoms with Crippen molar-refractivity contribution in [2.24, 2.45) is 0 Å². The number of rotatable bonds is 10. The summed E-state index contributed by atoms with van der Waals surface area (Å²) in [4.78, 5) is 18.6. The first-order valence-electron chi connectivity index (χ1n) is 12.7. The third-order valence-corrected chi connectivity index (χ3v) is 6.88. The molecule has 3 aromatic heterocycles. The van der Waals surface area contributed by atoms with E-state index in [1.807, 2.05) is 55.5 Å². The second-order valence-corrected chi connectivity index (χ2v) is 9.62. The van der Waals surface area contributed by atoms with E-state index in [0.29, 0.717) is 25.2 Å². The van der Waals surface area contributed by atoms with Gasteiger partial charge in [-0.25, -0.2) is 4.68 Å². The molecular weight excluding hydrogens is 480 g/mol. The molecule has 0 saturated carbocycles. The monoisotopic (exact) mass is 512 g/mol. The summed E-state index contributed by atoms with van der Waals surface area (Å²) in [6, 6.07) is 17.8. The van der Waals surface area contributed by atoms with Gasteiger partial charge in [-0.2, -0.15) is 0 Å². The number of nitrogens with one attached hydrogen (secondary N) is 1. The molecule has 9 heteroatoms. The minimum absolute atomic E-state index is 0.0905. The van der Waals surface area contributed by atoms with Crippen LogP contribution in [0.3, 0.4) is 0 Å². The summed E-state index contributed by atoms with van der Waals surface area (Å²) in [5.41, 5.74) is 4.81. The van der Waals surface area contributed by atoms with E-state index in [-0.39, 0.29) is 11.6 Å². The van der Waals surface area contributed by atoms with E-state index in [4.69, 9.17) is 9.15 Å². The predicted molar refractivity (Wildman–Crippen MR) is 145 cm³/mol. The topological polar surface area (TPSA) is 102 Å². The maximum Gasteiger partial charge on any atom is 0.252 e. The average molecular weight is 513 g/mol. The summed E-state index contributed by atoms with van der Waals surface area (Å²) in [6.07, 6.45) is 2.39. The molecule has 1 unspecified atom stereocenters. The van der Waals surface area contributed by atoms with Crippen LogP contribution in [-0.2, 0) is 19.6 Å². The fourth-order valence-corrected chi connectivity index (χ4v) is 5.01. The summed E-state index contributed by atoms with van der Waals surface area (Å²) in [5, 5.41) is 13.7. The van der Waals surface area contributed by atoms with Gasteiger partial charge in [0.2, 0.25) is 0 Å². The summed E-state index contributed by atoms with van der Waals surface area (Å²) < 4.78 is 12.6. The Balaban J connectivity index is 1.53. The molecule has 2 aromatic carbocycles. The van der Waals surface area contributed by atoms with Crippen LogP contribution in [-0.4, -0.2) is 37.2 Å². The maximum absolute atomic E-state index is 13.2. The number of furan rings is 1. The van der Waals surface area contributed by atoms with Crippen LogP contribution in [0.15, 0.2) is 70.1 Å². The maximum atomic E-state index is 13.2. The van der Waals surface area contributed by atoms with Crippen molar-refractivity contribution in [1.82, 2.24) is 30.1 Å². The van der Waals surface area contributed by atoms with E-state index < -0.39 is 0 Å². The minimum Gasteiger partial charge on any atom is -0.497 e. The molecule has 3 heterocycles. The van der Waals surface area contributed by atoms with Crippen LogP contribution < -0.4 is 10.3 Å². The van der Waals surface area contributed by atoms with Gasteiger partial charge in [0.15, 0.2) is 5.82 Å². The van der Waals surface area contributed by atoms with Crippen LogP contribution in [0.2, 0.25) is 0 Å². The molecule has 5 aromatic rings. The van der Waals surface area contributed by atoms with Crippen molar-refractivity contribution < 1.29 is 9.15 Å². The van der Waals surface area contributed by atoms with Crippen molar-refractivity contribution in [2.45, 2.75) is 52.9 Å². The van der Waals surface area contributed by atoms with Gasteiger partial charge in [0, 0.05) is 29.6 Å². The lowest BCUT2D eigenvalue weighted by Gasteiger charge is -2.30. The van der Waals surface area contributed by atoms with Crippen LogP contribution >= 0.6 is 0 Å². The molecular formula is C29H32N6O3. The lowest BCUT2D eigenvalue weighted by atomic mass is 10.0. The Bertz CT molecular complexity index is 1570. The standard InChI is InChI=1S/C29H32N6O3/c1-5-27(28-31-32-33-35(28)18-24-7-6-12-38-24)34(16-21-8-10-23(37-4)11-9-21)17-22-15-25-20(3)13-19(2)14-26(25)30-29(22)36/h6-15,27H,5,16-18H2,1-4H3,(H,30,36). The summed E-state index contributed by atoms with van der Waals surface area (Å²) >= 11 is 0. The van der Waals surface area contributed by atoms with E-state index in [0.717, 1.165) is 51.3 Å². The zero-order valence-corrected chi connectivity index (χ0v) is 22.1. The van der Waals surface area contributed by atoms with Crippen LogP contribution in [0.4, 0.5) is 0 Å². The van der Waals surface area contributed by atoms with Gasteiger partial charge in [0.1, 0.15) is 18.1 Å². The third-order valence-electron chi connectivity index (χ3n) is 6.88. The van der Waals surface area contributed by atoms with Crippen molar-refractivity contribution in [3.8, 4) is 5.75 Å². The number of ether oxygens (including phenoxy) is 1. The lowest BCUT2D eigenvalue weighted by Crippen LogP contribution is -2.32. The number of aromatic amines is 1. The van der Waals surface area contributed by atoms with Gasteiger partial charge in [0.25, 0.3) is 5.56 Å². The molecule has 0 aliphatic rings. The molecule has 1 atom stereocenters. The highest BCUT2D eigenvalue weighted by Gasteiger charge is 2.26. The highest BCUT2D eigenvalue weighted by molar-refractivity contribution is 5.83. The Morgan fingerprint density at radius 3 is 2.63 bits per heavy atom. The second kappa shape index (κ2) is 11.0. The van der Waals surface area contributed by atoms with E-state index in [1.54, 1.807) is 18.1 Å². The number of H-pyrrole nitrogens is 1. The number of tetrazole rings is 1. The fourth-order valence-electron chi connectivity index (χ4n) is 5.01. The molecule has 0 amide bonds. The van der Waals surface area contributed by atoms with Crippen molar-refractivity contribution in [3.63, 3.8) is 0 Å². The fraction of sp³-hybridized carbons (Fsp3) is 0.310. The first-order valence-corrected chi connectivity index (χ1v) is 12.7. The van der Waals surface area contributed by atoms with E-state index in [1.165, 1.54) is 0 Å². The van der Waals surface area contributed by atoms with Crippen LogP contribution in [0, 0.1) is 13.8 Å². The van der Waals surface area contributed by atoms with Crippen molar-refractivity contribution in [1.29, 1.82) is 0 Å². The van der Waals surface area contributed by atoms with E-state index >= 15 is 0 Å². The SMILES string of the molecule is CCC(c1nnnn1Cc1ccco1)N(Cc1ccc(OC)cc1)Cc1cc2c(C)cc(C)cc2[nH]c1=O. The quantitative estimate of drug-likeness (QED) is 0.283. The molecule has 196 valence electrons. The Labute approximate surface area is 221 Å². The van der Waals surface area contributed by atoms with Crippen molar-refractivity contribution in [3.05, 3.63) is 105 Å². The van der Waals surface area contributed by atoms with Gasteiger partial charge >= 0.3 is 0 Å². The number of nitrogens with zero attached hydrogens (tertiary/aromatic N) is 5. The summed E-state index contributed by atoms with van der Waals surface area (Å²) in [6.45, 7) is 7.67. The molecule has 0 bridgehead atoms. The van der Waals surface area contributed by atoms with Gasteiger partial charge in [-0.05, 0) is 83.8 Å². The van der Waals surface area contributed by atoms with Gasteiger partial charge < -0.3 is 14.1 Å². The largest absolute Gasteiger partial charge is 0.497 e. The Kier molecular flexibility index (Phi) is 7.37. The zero-order valence-electron chi connectivity index (χ0n) is 22.1. The average Bonchev–Trinajstić information content (AvgIpc) is 3.58. The minimum atomic E-state index is -0.142. The van der Waals surface area contributed by atoms with Crippen LogP contribution in [0.5, 0.6) is 5.75 Å². The number of hydrogen-bond acceptors (Lipinski definition) is 7. The van der Waals surface area contributed by atoms with E-state index in [9.17, 15) is 4.79 Å². The molecule has 0 fully saturated rings. The zero-order chi connectivity index (χ0) is 26.6. The summed E-state index contributed by atoms with van der Waals surface area (Å²) in [7, 11) is 1.66. The molecule has 0 saturated heterocycles. The lowest BCUT2D eigenvalue weighted by molar-refractivity contribution is 0.161. The van der Waals surface area contributed by atoms with Gasteiger partial charge in [-0.3, -0.25) is 9.69 Å². The van der Waals surface area contributed by atoms with Crippen LogP contribution in [0.1, 0.15) is 53.2 Å². The number of fused-ring (bicyclic) bond motifs is 1.